The molecule has 2 atom stereocenters. The molecule has 0 bridgehead atoms. The van der Waals surface area contributed by atoms with Crippen LogP contribution in [0.4, 0.5) is 0 Å². The van der Waals surface area contributed by atoms with Crippen LogP contribution >= 0.6 is 0 Å². The molecule has 1 aliphatic rings. The molecule has 0 heterocycles. The molecule has 1 heteroatoms. The van der Waals surface area contributed by atoms with E-state index in [9.17, 15) is 0 Å². The van der Waals surface area contributed by atoms with Crippen LogP contribution in [0.15, 0.2) is 46.8 Å². The van der Waals surface area contributed by atoms with Crippen LogP contribution in [-0.2, 0) is 4.74 Å². The zero-order valence-corrected chi connectivity index (χ0v) is 13.3. The molecule has 0 saturated heterocycles. The summed E-state index contributed by atoms with van der Waals surface area (Å²) < 4.78 is 5.56. The summed E-state index contributed by atoms with van der Waals surface area (Å²) in [5.41, 5.74) is 4.13. The smallest absolute Gasteiger partial charge is 0.121 e. The van der Waals surface area contributed by atoms with Crippen molar-refractivity contribution in [2.24, 2.45) is 11.8 Å². The molecule has 0 radical (unpaired) electrons. The second-order valence-electron chi connectivity index (χ2n) is 5.42. The molecule has 0 N–H and O–H groups in total. The lowest BCUT2D eigenvalue weighted by Gasteiger charge is -2.26. The summed E-state index contributed by atoms with van der Waals surface area (Å²) in [6.07, 6.45) is 11.0. The maximum Gasteiger partial charge on any atom is 0.121 e. The highest BCUT2D eigenvalue weighted by Crippen LogP contribution is 2.37. The average molecular weight is 260 g/mol. The van der Waals surface area contributed by atoms with Gasteiger partial charge in [0.25, 0.3) is 0 Å². The van der Waals surface area contributed by atoms with E-state index < -0.39 is 0 Å². The van der Waals surface area contributed by atoms with Crippen molar-refractivity contribution >= 4 is 0 Å². The van der Waals surface area contributed by atoms with E-state index in [4.69, 9.17) is 4.74 Å². The van der Waals surface area contributed by atoms with E-state index in [0.717, 1.165) is 5.76 Å². The molecule has 106 valence electrons. The van der Waals surface area contributed by atoms with E-state index in [1.54, 1.807) is 7.11 Å². The Kier molecular flexibility index (Phi) is 6.14. The van der Waals surface area contributed by atoms with Gasteiger partial charge in [0.15, 0.2) is 0 Å². The van der Waals surface area contributed by atoms with Gasteiger partial charge in [-0.25, -0.2) is 0 Å². The SMILES string of the molecule is C/C=C/C(OC)=C(/C)C1=C(C)C=CCC(C)C1CC. The summed E-state index contributed by atoms with van der Waals surface area (Å²) in [5.74, 6) is 2.29. The molecule has 1 aliphatic carbocycles. The van der Waals surface area contributed by atoms with Gasteiger partial charge < -0.3 is 4.74 Å². The third kappa shape index (κ3) is 3.62. The molecule has 0 fully saturated rings. The first-order chi connectivity index (χ1) is 9.06. The molecule has 1 rings (SSSR count). The minimum absolute atomic E-state index is 0.616. The Hall–Kier alpha value is -1.24. The Morgan fingerprint density at radius 3 is 2.68 bits per heavy atom. The van der Waals surface area contributed by atoms with E-state index in [1.165, 1.54) is 29.6 Å². The summed E-state index contributed by atoms with van der Waals surface area (Å²) in [5, 5.41) is 0. The van der Waals surface area contributed by atoms with Gasteiger partial charge in [0.1, 0.15) is 5.76 Å². The molecule has 19 heavy (non-hydrogen) atoms. The third-order valence-corrected chi connectivity index (χ3v) is 4.11. The molecule has 0 aromatic rings. The van der Waals surface area contributed by atoms with E-state index in [2.05, 4.69) is 45.9 Å². The quantitative estimate of drug-likeness (QED) is 0.484. The molecule has 0 saturated carbocycles. The molecular formula is C18H28O. The summed E-state index contributed by atoms with van der Waals surface area (Å²) in [6, 6.07) is 0. The first-order valence-electron chi connectivity index (χ1n) is 7.31. The predicted octanol–water partition coefficient (Wildman–Crippen LogP) is 5.42. The van der Waals surface area contributed by atoms with Gasteiger partial charge in [-0.1, -0.05) is 32.1 Å². The van der Waals surface area contributed by atoms with Gasteiger partial charge in [0, 0.05) is 0 Å². The highest BCUT2D eigenvalue weighted by molar-refractivity contribution is 5.44. The largest absolute Gasteiger partial charge is 0.496 e. The van der Waals surface area contributed by atoms with Gasteiger partial charge in [0.05, 0.1) is 7.11 Å². The predicted molar refractivity (Wildman–Crippen MR) is 83.9 cm³/mol. The highest BCUT2D eigenvalue weighted by atomic mass is 16.5. The fraction of sp³-hybridized carbons (Fsp3) is 0.556. The Labute approximate surface area is 118 Å². The highest BCUT2D eigenvalue weighted by Gasteiger charge is 2.24. The molecule has 0 aliphatic heterocycles. The summed E-state index contributed by atoms with van der Waals surface area (Å²) >= 11 is 0. The zero-order chi connectivity index (χ0) is 14.4. The number of hydrogen-bond donors (Lipinski definition) is 0. The van der Waals surface area contributed by atoms with Gasteiger partial charge in [0.2, 0.25) is 0 Å². The monoisotopic (exact) mass is 260 g/mol. The molecule has 1 nitrogen and oxygen atoms in total. The standard InChI is InChI=1S/C18H28O/c1-7-10-17(19-6)15(5)18-14(4)12-9-11-13(3)16(18)8-2/h7,9-10,12-13,16H,8,11H2,1-6H3/b10-7+,17-15+. The molecular weight excluding hydrogens is 232 g/mol. The number of ether oxygens (including phenoxy) is 1. The molecule has 0 aromatic carbocycles. The third-order valence-electron chi connectivity index (χ3n) is 4.11. The van der Waals surface area contributed by atoms with E-state index in [-0.39, 0.29) is 0 Å². The molecule has 0 amide bonds. The lowest BCUT2D eigenvalue weighted by molar-refractivity contribution is 0.300. The van der Waals surface area contributed by atoms with Crippen LogP contribution in [0.1, 0.15) is 47.5 Å². The Morgan fingerprint density at radius 1 is 1.47 bits per heavy atom. The lowest BCUT2D eigenvalue weighted by Crippen LogP contribution is -2.15. The first kappa shape index (κ1) is 15.8. The van der Waals surface area contributed by atoms with Crippen LogP contribution in [0.25, 0.3) is 0 Å². The molecule has 0 aromatic heterocycles. The topological polar surface area (TPSA) is 9.23 Å². The summed E-state index contributed by atoms with van der Waals surface area (Å²) in [7, 11) is 1.76. The van der Waals surface area contributed by atoms with Gasteiger partial charge in [-0.3, -0.25) is 0 Å². The van der Waals surface area contributed by atoms with E-state index in [1.807, 2.05) is 13.0 Å². The Balaban J connectivity index is 3.35. The van der Waals surface area contributed by atoms with Crippen molar-refractivity contribution in [2.45, 2.75) is 47.5 Å². The van der Waals surface area contributed by atoms with Crippen LogP contribution < -0.4 is 0 Å². The fourth-order valence-electron chi connectivity index (χ4n) is 3.10. The van der Waals surface area contributed by atoms with Crippen molar-refractivity contribution in [2.75, 3.05) is 7.11 Å². The summed E-state index contributed by atoms with van der Waals surface area (Å²) in [6.45, 7) is 11.1. The second kappa shape index (κ2) is 7.37. The van der Waals surface area contributed by atoms with Gasteiger partial charge in [-0.05, 0) is 68.2 Å². The van der Waals surface area contributed by atoms with Crippen molar-refractivity contribution in [3.05, 3.63) is 46.8 Å². The average Bonchev–Trinajstić information content (AvgIpc) is 2.53. The Morgan fingerprint density at radius 2 is 2.16 bits per heavy atom. The van der Waals surface area contributed by atoms with E-state index in [0.29, 0.717) is 11.8 Å². The minimum Gasteiger partial charge on any atom is -0.496 e. The van der Waals surface area contributed by atoms with Crippen LogP contribution in [-0.4, -0.2) is 7.11 Å². The maximum absolute atomic E-state index is 5.56. The Bertz CT molecular complexity index is 421. The van der Waals surface area contributed by atoms with Crippen LogP contribution in [0.5, 0.6) is 0 Å². The number of methoxy groups -OCH3 is 1. The second-order valence-corrected chi connectivity index (χ2v) is 5.42. The van der Waals surface area contributed by atoms with Crippen molar-refractivity contribution in [3.8, 4) is 0 Å². The van der Waals surface area contributed by atoms with Crippen LogP contribution in [0, 0.1) is 11.8 Å². The first-order valence-corrected chi connectivity index (χ1v) is 7.31. The van der Waals surface area contributed by atoms with Crippen molar-refractivity contribution < 1.29 is 4.74 Å². The fourth-order valence-corrected chi connectivity index (χ4v) is 3.10. The summed E-state index contributed by atoms with van der Waals surface area (Å²) in [4.78, 5) is 0. The molecule has 0 spiro atoms. The number of hydrogen-bond acceptors (Lipinski definition) is 1. The number of rotatable bonds is 4. The number of allylic oxidation sites excluding steroid dienone is 7. The van der Waals surface area contributed by atoms with Crippen LogP contribution in [0.3, 0.4) is 0 Å². The van der Waals surface area contributed by atoms with Gasteiger partial charge in [-0.2, -0.15) is 0 Å². The van der Waals surface area contributed by atoms with Gasteiger partial charge >= 0.3 is 0 Å². The minimum atomic E-state index is 0.616. The normalized spacial score (nSPS) is 25.6. The van der Waals surface area contributed by atoms with E-state index >= 15 is 0 Å². The van der Waals surface area contributed by atoms with Crippen molar-refractivity contribution in [1.82, 2.24) is 0 Å². The zero-order valence-electron chi connectivity index (χ0n) is 13.3. The molecule has 2 unspecified atom stereocenters. The van der Waals surface area contributed by atoms with Gasteiger partial charge in [-0.15, -0.1) is 0 Å². The van der Waals surface area contributed by atoms with Crippen molar-refractivity contribution in [3.63, 3.8) is 0 Å². The van der Waals surface area contributed by atoms with Crippen molar-refractivity contribution in [1.29, 1.82) is 0 Å². The van der Waals surface area contributed by atoms with Crippen LogP contribution in [0.2, 0.25) is 0 Å². The maximum atomic E-state index is 5.56. The lowest BCUT2D eigenvalue weighted by atomic mass is 9.79.